The summed E-state index contributed by atoms with van der Waals surface area (Å²) in [4.78, 5) is 5.57. The fourth-order valence-electron chi connectivity index (χ4n) is 2.25. The lowest BCUT2D eigenvalue weighted by atomic mass is 9.94. The van der Waals surface area contributed by atoms with Crippen molar-refractivity contribution in [2.24, 2.45) is 0 Å². The second-order valence-corrected chi connectivity index (χ2v) is 4.84. The van der Waals surface area contributed by atoms with Gasteiger partial charge in [0.2, 0.25) is 0 Å². The molecule has 0 spiro atoms. The van der Waals surface area contributed by atoms with Gasteiger partial charge in [-0.25, -0.2) is 0 Å². The Kier molecular flexibility index (Phi) is 2.73. The monoisotopic (exact) mass is 239 g/mol. The number of fused-ring (bicyclic) bond motifs is 1. The summed E-state index contributed by atoms with van der Waals surface area (Å²) in [6.45, 7) is 0. The number of nitrogens with zero attached hydrogens (tertiary/aromatic N) is 1. The van der Waals surface area contributed by atoms with E-state index in [4.69, 9.17) is 12.2 Å². The molecule has 1 aliphatic carbocycles. The molecule has 1 nitrogen and oxygen atoms in total. The highest BCUT2D eigenvalue weighted by atomic mass is 32.1. The Balaban J connectivity index is 2.12. The van der Waals surface area contributed by atoms with Crippen LogP contribution >= 0.6 is 12.2 Å². The third kappa shape index (κ3) is 2.01. The predicted molar refractivity (Wildman–Crippen MR) is 76.2 cm³/mol. The van der Waals surface area contributed by atoms with Crippen molar-refractivity contribution in [2.45, 2.75) is 19.3 Å². The quantitative estimate of drug-likeness (QED) is 0.693. The van der Waals surface area contributed by atoms with E-state index < -0.39 is 0 Å². The van der Waals surface area contributed by atoms with E-state index in [9.17, 15) is 0 Å². The van der Waals surface area contributed by atoms with E-state index in [2.05, 4.69) is 23.2 Å². The summed E-state index contributed by atoms with van der Waals surface area (Å²) in [5.41, 5.74) is 3.41. The lowest BCUT2D eigenvalue weighted by Crippen LogP contribution is -2.04. The highest BCUT2D eigenvalue weighted by Gasteiger charge is 2.12. The van der Waals surface area contributed by atoms with Crippen LogP contribution in [0.1, 0.15) is 24.8 Å². The van der Waals surface area contributed by atoms with Crippen LogP contribution in [-0.4, -0.2) is 9.85 Å². The molecule has 2 aromatic rings. The third-order valence-corrected chi connectivity index (χ3v) is 3.58. The molecule has 0 fully saturated rings. The minimum Gasteiger partial charge on any atom is -0.256 e. The Labute approximate surface area is 106 Å². The van der Waals surface area contributed by atoms with Crippen molar-refractivity contribution in [3.05, 3.63) is 48.2 Å². The Bertz CT molecular complexity index is 613. The molecular formula is C15H13NS. The number of pyridine rings is 1. The number of benzene rings is 1. The topological polar surface area (TPSA) is 12.9 Å². The van der Waals surface area contributed by atoms with Gasteiger partial charge in [-0.05, 0) is 37.0 Å². The van der Waals surface area contributed by atoms with Gasteiger partial charge >= 0.3 is 0 Å². The summed E-state index contributed by atoms with van der Waals surface area (Å²) in [7, 11) is 0. The van der Waals surface area contributed by atoms with Gasteiger partial charge in [0.1, 0.15) is 0 Å². The molecule has 1 aromatic heterocycles. The van der Waals surface area contributed by atoms with Gasteiger partial charge in [0.15, 0.2) is 0 Å². The number of hydrogen-bond acceptors (Lipinski definition) is 2. The molecule has 0 N–H and O–H groups in total. The van der Waals surface area contributed by atoms with Gasteiger partial charge in [-0.3, -0.25) is 4.98 Å². The van der Waals surface area contributed by atoms with Crippen LogP contribution in [-0.2, 0) is 0 Å². The molecule has 0 saturated carbocycles. The molecule has 0 radical (unpaired) electrons. The summed E-state index contributed by atoms with van der Waals surface area (Å²) in [6.07, 6.45) is 7.53. The van der Waals surface area contributed by atoms with Crippen molar-refractivity contribution in [3.8, 4) is 0 Å². The molecule has 0 atom stereocenters. The molecule has 1 aromatic carbocycles. The number of hydrogen-bond donors (Lipinski definition) is 0. The van der Waals surface area contributed by atoms with Crippen LogP contribution in [0.2, 0.25) is 0 Å². The van der Waals surface area contributed by atoms with Gasteiger partial charge in [0.25, 0.3) is 0 Å². The molecule has 1 heterocycles. The van der Waals surface area contributed by atoms with Crippen molar-refractivity contribution in [2.75, 3.05) is 0 Å². The smallest absolute Gasteiger partial charge is 0.0702 e. The number of rotatable bonds is 1. The van der Waals surface area contributed by atoms with Gasteiger partial charge < -0.3 is 0 Å². The van der Waals surface area contributed by atoms with Crippen molar-refractivity contribution < 1.29 is 0 Å². The molecule has 1 aliphatic rings. The predicted octanol–water partition coefficient (Wildman–Crippen LogP) is 4.17. The maximum absolute atomic E-state index is 5.44. The van der Waals surface area contributed by atoms with Crippen LogP contribution < -0.4 is 0 Å². The fraction of sp³-hybridized carbons (Fsp3) is 0.200. The van der Waals surface area contributed by atoms with Crippen molar-refractivity contribution in [3.63, 3.8) is 0 Å². The van der Waals surface area contributed by atoms with E-state index in [1.165, 1.54) is 17.4 Å². The summed E-state index contributed by atoms with van der Waals surface area (Å²) < 4.78 is 0. The first-order valence-electron chi connectivity index (χ1n) is 5.93. The first-order valence-corrected chi connectivity index (χ1v) is 6.34. The Morgan fingerprint density at radius 3 is 2.94 bits per heavy atom. The average molecular weight is 239 g/mol. The molecule has 0 unspecified atom stereocenters. The first kappa shape index (κ1) is 10.6. The SMILES string of the molecule is S=C1CCCC=C1c1cnc2ccccc2c1. The highest BCUT2D eigenvalue weighted by molar-refractivity contribution is 7.81. The van der Waals surface area contributed by atoms with Crippen LogP contribution in [0.15, 0.2) is 42.6 Å². The molecule has 17 heavy (non-hydrogen) atoms. The van der Waals surface area contributed by atoms with E-state index in [0.29, 0.717) is 0 Å². The minimum atomic E-state index is 1.04. The van der Waals surface area contributed by atoms with Gasteiger partial charge in [-0.15, -0.1) is 0 Å². The van der Waals surface area contributed by atoms with E-state index in [1.807, 2.05) is 24.4 Å². The maximum atomic E-state index is 5.44. The molecule has 0 aliphatic heterocycles. The van der Waals surface area contributed by atoms with Crippen LogP contribution in [0.5, 0.6) is 0 Å². The Hall–Kier alpha value is -1.54. The van der Waals surface area contributed by atoms with Crippen LogP contribution in [0.25, 0.3) is 16.5 Å². The second kappa shape index (κ2) is 4.38. The van der Waals surface area contributed by atoms with Gasteiger partial charge in [-0.2, -0.15) is 0 Å². The number of aromatic nitrogens is 1. The Morgan fingerprint density at radius 2 is 2.06 bits per heavy atom. The standard InChI is InChI=1S/C15H13NS/c17-15-8-4-2-6-13(15)12-9-11-5-1-3-7-14(11)16-10-12/h1,3,5-7,9-10H,2,4,8H2. The molecule has 0 amide bonds. The van der Waals surface area contributed by atoms with E-state index in [1.54, 1.807) is 0 Å². The summed E-state index contributed by atoms with van der Waals surface area (Å²) in [5.74, 6) is 0. The normalized spacial score (nSPS) is 16.0. The highest BCUT2D eigenvalue weighted by Crippen LogP contribution is 2.26. The lowest BCUT2D eigenvalue weighted by Gasteiger charge is -2.14. The largest absolute Gasteiger partial charge is 0.256 e. The number of thiocarbonyl (C=S) groups is 1. The number of para-hydroxylation sites is 1. The molecule has 2 heteroatoms. The summed E-state index contributed by atoms with van der Waals surface area (Å²) in [6, 6.07) is 10.4. The molecule has 3 rings (SSSR count). The maximum Gasteiger partial charge on any atom is 0.0702 e. The van der Waals surface area contributed by atoms with Crippen molar-refractivity contribution in [1.29, 1.82) is 0 Å². The average Bonchev–Trinajstić information content (AvgIpc) is 2.39. The van der Waals surface area contributed by atoms with Crippen LogP contribution in [0, 0.1) is 0 Å². The Morgan fingerprint density at radius 1 is 1.18 bits per heavy atom. The van der Waals surface area contributed by atoms with Crippen LogP contribution in [0.3, 0.4) is 0 Å². The summed E-state index contributed by atoms with van der Waals surface area (Å²) >= 11 is 5.44. The van der Waals surface area contributed by atoms with E-state index >= 15 is 0 Å². The van der Waals surface area contributed by atoms with Gasteiger partial charge in [0, 0.05) is 22.0 Å². The molecular weight excluding hydrogens is 226 g/mol. The molecule has 0 saturated heterocycles. The first-order chi connectivity index (χ1) is 8.34. The zero-order chi connectivity index (χ0) is 11.7. The van der Waals surface area contributed by atoms with E-state index in [0.717, 1.165) is 28.8 Å². The molecule has 0 bridgehead atoms. The van der Waals surface area contributed by atoms with Crippen molar-refractivity contribution >= 4 is 33.6 Å². The zero-order valence-electron chi connectivity index (χ0n) is 9.52. The van der Waals surface area contributed by atoms with Crippen LogP contribution in [0.4, 0.5) is 0 Å². The fourth-order valence-corrected chi connectivity index (χ4v) is 2.60. The van der Waals surface area contributed by atoms with Gasteiger partial charge in [0.05, 0.1) is 5.52 Å². The van der Waals surface area contributed by atoms with Gasteiger partial charge in [-0.1, -0.05) is 36.5 Å². The second-order valence-electron chi connectivity index (χ2n) is 4.35. The zero-order valence-corrected chi connectivity index (χ0v) is 10.3. The van der Waals surface area contributed by atoms with E-state index in [-0.39, 0.29) is 0 Å². The molecule has 84 valence electrons. The minimum absolute atomic E-state index is 1.04. The lowest BCUT2D eigenvalue weighted by molar-refractivity contribution is 0.891. The summed E-state index contributed by atoms with van der Waals surface area (Å²) in [5, 5.41) is 1.18. The number of allylic oxidation sites excluding steroid dienone is 2. The third-order valence-electron chi connectivity index (χ3n) is 3.16. The van der Waals surface area contributed by atoms with Crippen molar-refractivity contribution in [1.82, 2.24) is 4.98 Å².